The molecule has 1 N–H and O–H groups in total. The highest BCUT2D eigenvalue weighted by atomic mass is 32.2. The van der Waals surface area contributed by atoms with Gasteiger partial charge in [0.15, 0.2) is 6.61 Å². The Kier molecular flexibility index (Phi) is 7.60. The van der Waals surface area contributed by atoms with Gasteiger partial charge in [0.1, 0.15) is 0 Å². The van der Waals surface area contributed by atoms with Crippen LogP contribution < -0.4 is 4.72 Å². The molecule has 1 saturated heterocycles. The summed E-state index contributed by atoms with van der Waals surface area (Å²) in [6, 6.07) is 5.63. The van der Waals surface area contributed by atoms with Crippen LogP contribution in [0.1, 0.15) is 63.2 Å². The van der Waals surface area contributed by atoms with Crippen LogP contribution in [-0.2, 0) is 19.6 Å². The lowest BCUT2D eigenvalue weighted by molar-refractivity contribution is -0.134. The van der Waals surface area contributed by atoms with Crippen LogP contribution in [0.3, 0.4) is 0 Å². The molecule has 7 nitrogen and oxygen atoms in total. The van der Waals surface area contributed by atoms with E-state index < -0.39 is 21.5 Å². The summed E-state index contributed by atoms with van der Waals surface area (Å²) in [5.41, 5.74) is -0.550. The molecule has 0 spiro atoms. The molecular weight excluding hydrogens is 380 g/mol. The number of carbonyl (C=O) groups excluding carboxylic acids is 2. The Morgan fingerprint density at radius 2 is 1.68 bits per heavy atom. The van der Waals surface area contributed by atoms with E-state index in [2.05, 4.69) is 4.72 Å². The first-order valence-corrected chi connectivity index (χ1v) is 11.2. The normalized spacial score (nSPS) is 16.2. The number of nitrogens with one attached hydrogen (secondary N) is 1. The monoisotopic (exact) mass is 410 g/mol. The van der Waals surface area contributed by atoms with Crippen LogP contribution in [0.2, 0.25) is 0 Å². The molecule has 1 aliphatic heterocycles. The summed E-state index contributed by atoms with van der Waals surface area (Å²) in [4.78, 5) is 26.4. The number of sulfonamides is 1. The lowest BCUT2D eigenvalue weighted by Crippen LogP contribution is -2.40. The Morgan fingerprint density at radius 3 is 2.29 bits per heavy atom. The molecule has 0 radical (unpaired) electrons. The van der Waals surface area contributed by atoms with Gasteiger partial charge in [-0.15, -0.1) is 0 Å². The molecule has 156 valence electrons. The number of hydrogen-bond donors (Lipinski definition) is 1. The molecule has 28 heavy (non-hydrogen) atoms. The highest BCUT2D eigenvalue weighted by molar-refractivity contribution is 7.89. The minimum atomic E-state index is -3.76. The van der Waals surface area contributed by atoms with Gasteiger partial charge in [-0.2, -0.15) is 0 Å². The van der Waals surface area contributed by atoms with Crippen molar-refractivity contribution in [2.75, 3.05) is 19.7 Å². The van der Waals surface area contributed by atoms with E-state index in [0.717, 1.165) is 25.7 Å². The second-order valence-corrected chi connectivity index (χ2v) is 9.79. The first-order valence-electron chi connectivity index (χ1n) is 9.67. The van der Waals surface area contributed by atoms with Crippen LogP contribution in [0.15, 0.2) is 29.2 Å². The standard InChI is InChI=1S/C20H30N2O5S/c1-20(2,3)21-28(25,26)17-11-9-10-16(14-17)19(24)27-15-18(23)22-12-7-5-4-6-8-13-22/h9-11,14,21H,4-8,12-13,15H2,1-3H3. The van der Waals surface area contributed by atoms with Gasteiger partial charge in [0.25, 0.3) is 5.91 Å². The zero-order valence-corrected chi connectivity index (χ0v) is 17.7. The van der Waals surface area contributed by atoms with E-state index in [1.54, 1.807) is 25.7 Å². The van der Waals surface area contributed by atoms with E-state index >= 15 is 0 Å². The van der Waals surface area contributed by atoms with E-state index in [1.165, 1.54) is 30.7 Å². The molecule has 1 aliphatic rings. The Labute approximate surface area is 167 Å². The topological polar surface area (TPSA) is 92.8 Å². The quantitative estimate of drug-likeness (QED) is 0.754. The SMILES string of the molecule is CC(C)(C)NS(=O)(=O)c1cccc(C(=O)OCC(=O)N2CCCCCCC2)c1. The predicted molar refractivity (Wildman–Crippen MR) is 106 cm³/mol. The maximum atomic E-state index is 12.4. The number of esters is 1. The average molecular weight is 411 g/mol. The smallest absolute Gasteiger partial charge is 0.338 e. The number of benzene rings is 1. The molecule has 2 rings (SSSR count). The molecule has 0 atom stereocenters. The van der Waals surface area contributed by atoms with Crippen molar-refractivity contribution in [1.82, 2.24) is 9.62 Å². The van der Waals surface area contributed by atoms with Crippen molar-refractivity contribution in [2.24, 2.45) is 0 Å². The number of amides is 1. The van der Waals surface area contributed by atoms with Crippen molar-refractivity contribution in [3.63, 3.8) is 0 Å². The van der Waals surface area contributed by atoms with Crippen LogP contribution in [0, 0.1) is 0 Å². The van der Waals surface area contributed by atoms with E-state index in [-0.39, 0.29) is 23.0 Å². The Hall–Kier alpha value is -1.93. The van der Waals surface area contributed by atoms with Crippen molar-refractivity contribution in [2.45, 2.75) is 63.3 Å². The van der Waals surface area contributed by atoms with Gasteiger partial charge in [0.2, 0.25) is 10.0 Å². The molecule has 1 aromatic rings. The molecule has 1 aromatic carbocycles. The van der Waals surface area contributed by atoms with E-state index in [9.17, 15) is 18.0 Å². The zero-order valence-electron chi connectivity index (χ0n) is 16.9. The van der Waals surface area contributed by atoms with Gasteiger partial charge in [-0.3, -0.25) is 4.79 Å². The van der Waals surface area contributed by atoms with E-state index in [1.807, 2.05) is 0 Å². The molecule has 0 aliphatic carbocycles. The summed E-state index contributed by atoms with van der Waals surface area (Å²) in [5.74, 6) is -0.929. The molecule has 1 fully saturated rings. The molecule has 0 aromatic heterocycles. The van der Waals surface area contributed by atoms with Gasteiger partial charge >= 0.3 is 5.97 Å². The first kappa shape index (κ1) is 22.4. The van der Waals surface area contributed by atoms with Crippen LogP contribution in [0.5, 0.6) is 0 Å². The van der Waals surface area contributed by atoms with E-state index in [0.29, 0.717) is 13.1 Å². The number of ether oxygens (including phenoxy) is 1. The van der Waals surface area contributed by atoms with Gasteiger partial charge in [-0.1, -0.05) is 25.3 Å². The van der Waals surface area contributed by atoms with Gasteiger partial charge in [-0.25, -0.2) is 17.9 Å². The minimum Gasteiger partial charge on any atom is -0.452 e. The van der Waals surface area contributed by atoms with Crippen molar-refractivity contribution in [1.29, 1.82) is 0 Å². The predicted octanol–water partition coefficient (Wildman–Crippen LogP) is 2.71. The number of rotatable bonds is 5. The van der Waals surface area contributed by atoms with Crippen LogP contribution in [0.25, 0.3) is 0 Å². The number of likely N-dealkylation sites (tertiary alicyclic amines) is 1. The lowest BCUT2D eigenvalue weighted by atomic mass is 10.1. The van der Waals surface area contributed by atoms with Crippen LogP contribution in [0.4, 0.5) is 0 Å². The second-order valence-electron chi connectivity index (χ2n) is 8.11. The average Bonchev–Trinajstić information content (AvgIpc) is 2.57. The van der Waals surface area contributed by atoms with Gasteiger partial charge in [0, 0.05) is 18.6 Å². The third kappa shape index (κ3) is 6.91. The fraction of sp³-hybridized carbons (Fsp3) is 0.600. The first-order chi connectivity index (χ1) is 13.1. The van der Waals surface area contributed by atoms with Gasteiger partial charge in [0.05, 0.1) is 10.5 Å². The minimum absolute atomic E-state index is 0.0213. The summed E-state index contributed by atoms with van der Waals surface area (Å²) in [5, 5.41) is 0. The summed E-state index contributed by atoms with van der Waals surface area (Å²) in [7, 11) is -3.76. The maximum absolute atomic E-state index is 12.4. The van der Waals surface area contributed by atoms with Crippen molar-refractivity contribution in [3.8, 4) is 0 Å². The summed E-state index contributed by atoms with van der Waals surface area (Å²) >= 11 is 0. The second kappa shape index (κ2) is 9.52. The number of nitrogens with zero attached hydrogens (tertiary/aromatic N) is 1. The van der Waals surface area contributed by atoms with Gasteiger partial charge in [-0.05, 0) is 51.8 Å². The Balaban J connectivity index is 2.00. The number of carbonyl (C=O) groups is 2. The number of hydrogen-bond acceptors (Lipinski definition) is 5. The molecule has 1 amide bonds. The van der Waals surface area contributed by atoms with E-state index in [4.69, 9.17) is 4.74 Å². The summed E-state index contributed by atoms with van der Waals surface area (Å²) in [6.07, 6.45) is 5.32. The van der Waals surface area contributed by atoms with Gasteiger partial charge < -0.3 is 9.64 Å². The van der Waals surface area contributed by atoms with Crippen LogP contribution in [-0.4, -0.2) is 50.4 Å². The lowest BCUT2D eigenvalue weighted by Gasteiger charge is -2.24. The molecule has 0 saturated carbocycles. The molecular formula is C20H30N2O5S. The highest BCUT2D eigenvalue weighted by Crippen LogP contribution is 2.16. The van der Waals surface area contributed by atoms with Crippen LogP contribution >= 0.6 is 0 Å². The molecule has 0 bridgehead atoms. The molecule has 8 heteroatoms. The fourth-order valence-electron chi connectivity index (χ4n) is 3.05. The maximum Gasteiger partial charge on any atom is 0.338 e. The van der Waals surface area contributed by atoms with Crippen molar-refractivity contribution >= 4 is 21.9 Å². The molecule has 0 unspecified atom stereocenters. The Morgan fingerprint density at radius 1 is 1.07 bits per heavy atom. The fourth-order valence-corrected chi connectivity index (χ4v) is 4.51. The van der Waals surface area contributed by atoms with Crippen molar-refractivity contribution in [3.05, 3.63) is 29.8 Å². The zero-order chi connectivity index (χ0) is 20.8. The highest BCUT2D eigenvalue weighted by Gasteiger charge is 2.23. The summed E-state index contributed by atoms with van der Waals surface area (Å²) < 4.78 is 32.5. The largest absolute Gasteiger partial charge is 0.452 e. The van der Waals surface area contributed by atoms with Crippen molar-refractivity contribution < 1.29 is 22.7 Å². The molecule has 1 heterocycles. The summed E-state index contributed by atoms with van der Waals surface area (Å²) in [6.45, 7) is 6.23. The Bertz CT molecular complexity index is 791. The third-order valence-corrected chi connectivity index (χ3v) is 6.11. The third-order valence-electron chi connectivity index (χ3n) is 4.36.